The largest absolute Gasteiger partial charge is 0.309 e. The van der Waals surface area contributed by atoms with Gasteiger partial charge in [0, 0.05) is 54.8 Å². The van der Waals surface area contributed by atoms with E-state index in [0.717, 1.165) is 71.9 Å². The van der Waals surface area contributed by atoms with Gasteiger partial charge in [-0.3, -0.25) is 4.57 Å². The van der Waals surface area contributed by atoms with Crippen LogP contribution < -0.4 is 0 Å². The zero-order valence-corrected chi connectivity index (χ0v) is 34.0. The minimum Gasteiger partial charge on any atom is -0.309 e. The quantitative estimate of drug-likeness (QED) is 0.168. The molecule has 0 aliphatic carbocycles. The van der Waals surface area contributed by atoms with Crippen LogP contribution in [0.4, 0.5) is 0 Å². The van der Waals surface area contributed by atoms with E-state index in [1.165, 1.54) is 27.2 Å². The predicted octanol–water partition coefficient (Wildman–Crippen LogP) is 14.2. The summed E-state index contributed by atoms with van der Waals surface area (Å²) in [4.78, 5) is 15.8. The van der Waals surface area contributed by atoms with Gasteiger partial charge in [0.25, 0.3) is 0 Å². The highest BCUT2D eigenvalue weighted by atomic mass is 15.2. The van der Waals surface area contributed by atoms with Crippen LogP contribution in [0.25, 0.3) is 117 Å². The highest BCUT2D eigenvalue weighted by Crippen LogP contribution is 2.42. The Morgan fingerprint density at radius 2 is 0.635 bits per heavy atom. The van der Waals surface area contributed by atoms with Crippen molar-refractivity contribution in [2.24, 2.45) is 0 Å². The summed E-state index contributed by atoms with van der Waals surface area (Å²) < 4.78 is 7.08. The highest BCUT2D eigenvalue weighted by Gasteiger charge is 2.24. The van der Waals surface area contributed by atoms with Gasteiger partial charge in [0.05, 0.1) is 33.1 Å². The number of hydrogen-bond donors (Lipinski definition) is 0. The Kier molecular flexibility index (Phi) is 7.80. The molecule has 13 aromatic rings. The molecule has 0 radical (unpaired) electrons. The van der Waals surface area contributed by atoms with Gasteiger partial charge in [-0.25, -0.2) is 4.98 Å². The first kappa shape index (κ1) is 35.2. The van der Waals surface area contributed by atoms with E-state index in [0.29, 0.717) is 17.6 Å². The van der Waals surface area contributed by atoms with Gasteiger partial charge >= 0.3 is 0 Å². The molecule has 0 fully saturated rings. The van der Waals surface area contributed by atoms with E-state index in [4.69, 9.17) is 15.0 Å². The maximum atomic E-state index is 5.37. The van der Waals surface area contributed by atoms with E-state index in [9.17, 15) is 0 Å². The average Bonchev–Trinajstić information content (AvgIpc) is 4.01. The van der Waals surface area contributed by atoms with Crippen LogP contribution in [-0.2, 0) is 0 Å². The van der Waals surface area contributed by atoms with Gasteiger partial charge in [-0.2, -0.15) is 9.97 Å². The molecule has 13 rings (SSSR count). The summed E-state index contributed by atoms with van der Waals surface area (Å²) in [6.07, 6.45) is 0. The molecule has 0 atom stereocenters. The number of rotatable bonds is 6. The maximum Gasteiger partial charge on any atom is 0.238 e. The van der Waals surface area contributed by atoms with Gasteiger partial charge in [0.2, 0.25) is 5.95 Å². The van der Waals surface area contributed by atoms with Crippen LogP contribution in [0.2, 0.25) is 0 Å². The van der Waals surface area contributed by atoms with Crippen LogP contribution in [0, 0.1) is 0 Å². The number of nitrogens with zero attached hydrogens (tertiary/aromatic N) is 6. The monoisotopic (exact) mass is 804 g/mol. The molecule has 6 heteroatoms. The van der Waals surface area contributed by atoms with Crippen LogP contribution >= 0.6 is 0 Å². The normalized spacial score (nSPS) is 11.8. The van der Waals surface area contributed by atoms with Crippen molar-refractivity contribution in [1.82, 2.24) is 28.7 Å². The fraction of sp³-hybridized carbons (Fsp3) is 0. The SMILES string of the molecule is c1ccc(-c2ccc(-c3nc(-c4ccccc4)nc(-n4c5ccccc5c5ccc6c7ccccc7n(-c7cccc(-n8c9ccccc9c9ccccc98)c7)c6c54)n3)cc2)cc1. The van der Waals surface area contributed by atoms with Crippen LogP contribution in [0.15, 0.2) is 218 Å². The highest BCUT2D eigenvalue weighted by molar-refractivity contribution is 6.23. The average molecular weight is 805 g/mol. The molecule has 0 saturated carbocycles. The minimum absolute atomic E-state index is 0.556. The van der Waals surface area contributed by atoms with Gasteiger partial charge in [0.1, 0.15) is 0 Å². The lowest BCUT2D eigenvalue weighted by Crippen LogP contribution is -2.07. The molecule has 0 amide bonds. The first-order chi connectivity index (χ1) is 31.3. The van der Waals surface area contributed by atoms with Crippen LogP contribution in [0.3, 0.4) is 0 Å². The van der Waals surface area contributed by atoms with Crippen molar-refractivity contribution in [3.8, 4) is 51.2 Å². The summed E-state index contributed by atoms with van der Waals surface area (Å²) in [7, 11) is 0. The molecular formula is C57H36N6. The number of hydrogen-bond acceptors (Lipinski definition) is 3. The summed E-state index contributed by atoms with van der Waals surface area (Å²) in [5.74, 6) is 1.77. The van der Waals surface area contributed by atoms with Gasteiger partial charge in [-0.05, 0) is 53.6 Å². The predicted molar refractivity (Wildman–Crippen MR) is 259 cm³/mol. The van der Waals surface area contributed by atoms with Gasteiger partial charge in [0.15, 0.2) is 11.6 Å². The smallest absolute Gasteiger partial charge is 0.238 e. The molecule has 0 saturated heterocycles. The number of fused-ring (bicyclic) bond motifs is 10. The lowest BCUT2D eigenvalue weighted by atomic mass is 10.0. The maximum absolute atomic E-state index is 5.37. The van der Waals surface area contributed by atoms with Crippen molar-refractivity contribution in [3.05, 3.63) is 218 Å². The summed E-state index contributed by atoms with van der Waals surface area (Å²) in [5.41, 5.74) is 12.9. The van der Waals surface area contributed by atoms with Crippen LogP contribution in [0.5, 0.6) is 0 Å². The Morgan fingerprint density at radius 3 is 1.19 bits per heavy atom. The number of benzene rings is 9. The fourth-order valence-corrected chi connectivity index (χ4v) is 9.70. The summed E-state index contributed by atoms with van der Waals surface area (Å²) in [6.45, 7) is 0. The van der Waals surface area contributed by atoms with Crippen molar-refractivity contribution in [2.75, 3.05) is 0 Å². The standard InChI is InChI=1S/C57H36N6/c1-3-16-37(17-4-1)38-30-32-40(33-31-38)56-58-55(39-18-5-2-6-19-39)59-57(60-56)63-52-29-14-10-25-46(52)48-35-34-47-45-24-9-13-28-51(45)62(53(47)54(48)63)42-21-15-20-41(36-42)61-49-26-11-7-22-43(49)44-23-8-12-27-50(44)61/h1-36H. The zero-order valence-electron chi connectivity index (χ0n) is 34.0. The Hall–Kier alpha value is -8.61. The van der Waals surface area contributed by atoms with Crippen LogP contribution in [-0.4, -0.2) is 28.7 Å². The number of para-hydroxylation sites is 4. The molecule has 0 bridgehead atoms. The Labute approximate surface area is 362 Å². The Morgan fingerprint density at radius 1 is 0.254 bits per heavy atom. The van der Waals surface area contributed by atoms with Gasteiger partial charge in [-0.1, -0.05) is 176 Å². The Balaban J connectivity index is 1.10. The molecule has 6 nitrogen and oxygen atoms in total. The van der Waals surface area contributed by atoms with E-state index in [2.05, 4.69) is 208 Å². The van der Waals surface area contributed by atoms with Crippen molar-refractivity contribution in [1.29, 1.82) is 0 Å². The first-order valence-corrected chi connectivity index (χ1v) is 21.3. The minimum atomic E-state index is 0.556. The van der Waals surface area contributed by atoms with Gasteiger partial charge < -0.3 is 9.13 Å². The lowest BCUT2D eigenvalue weighted by Gasteiger charge is -2.15. The molecular weight excluding hydrogens is 769 g/mol. The van der Waals surface area contributed by atoms with Crippen molar-refractivity contribution < 1.29 is 0 Å². The van der Waals surface area contributed by atoms with E-state index in [1.54, 1.807) is 0 Å². The zero-order chi connectivity index (χ0) is 41.4. The first-order valence-electron chi connectivity index (χ1n) is 21.3. The molecule has 9 aromatic carbocycles. The molecule has 0 aliphatic heterocycles. The summed E-state index contributed by atoms with van der Waals surface area (Å²) >= 11 is 0. The summed E-state index contributed by atoms with van der Waals surface area (Å²) in [5, 5.41) is 7.05. The second-order valence-corrected chi connectivity index (χ2v) is 16.0. The van der Waals surface area contributed by atoms with Crippen molar-refractivity contribution in [2.45, 2.75) is 0 Å². The van der Waals surface area contributed by atoms with Gasteiger partial charge in [-0.15, -0.1) is 0 Å². The van der Waals surface area contributed by atoms with E-state index >= 15 is 0 Å². The second kappa shape index (κ2) is 14.0. The van der Waals surface area contributed by atoms with Crippen molar-refractivity contribution >= 4 is 65.4 Å². The Bertz CT molecular complexity index is 3840. The van der Waals surface area contributed by atoms with Crippen LogP contribution in [0.1, 0.15) is 0 Å². The molecule has 0 N–H and O–H groups in total. The molecule has 0 aliphatic rings. The van der Waals surface area contributed by atoms with E-state index < -0.39 is 0 Å². The molecule has 0 unspecified atom stereocenters. The van der Waals surface area contributed by atoms with E-state index in [-0.39, 0.29) is 0 Å². The fourth-order valence-electron chi connectivity index (χ4n) is 9.70. The molecule has 4 aromatic heterocycles. The lowest BCUT2D eigenvalue weighted by molar-refractivity contribution is 0.953. The third-order valence-corrected chi connectivity index (χ3v) is 12.5. The van der Waals surface area contributed by atoms with Crippen molar-refractivity contribution in [3.63, 3.8) is 0 Å². The summed E-state index contributed by atoms with van der Waals surface area (Å²) in [6, 6.07) is 77.4. The van der Waals surface area contributed by atoms with E-state index in [1.807, 2.05) is 24.3 Å². The molecule has 0 spiro atoms. The molecule has 4 heterocycles. The third kappa shape index (κ3) is 5.48. The molecule has 294 valence electrons. The third-order valence-electron chi connectivity index (χ3n) is 12.5. The second-order valence-electron chi connectivity index (χ2n) is 16.0. The molecule has 63 heavy (non-hydrogen) atoms. The number of aromatic nitrogens is 6. The topological polar surface area (TPSA) is 53.5 Å².